The van der Waals surface area contributed by atoms with Gasteiger partial charge in [-0.05, 0) is 79.1 Å². The predicted octanol–water partition coefficient (Wildman–Crippen LogP) is 6.25. The average molecular weight is 557 g/mol. The van der Waals surface area contributed by atoms with Crippen LogP contribution in [0.15, 0.2) is 59.1 Å². The Bertz CT molecular complexity index is 1510. The smallest absolute Gasteiger partial charge is 0.416 e. The van der Waals surface area contributed by atoms with Crippen LogP contribution in [-0.4, -0.2) is 39.8 Å². The van der Waals surface area contributed by atoms with Crippen molar-refractivity contribution in [3.63, 3.8) is 0 Å². The number of halogens is 3. The van der Waals surface area contributed by atoms with Crippen molar-refractivity contribution in [1.82, 2.24) is 9.55 Å². The Morgan fingerprint density at radius 1 is 1.15 bits per heavy atom. The molecule has 40 heavy (non-hydrogen) atoms. The molecule has 0 N–H and O–H groups in total. The largest absolute Gasteiger partial charge is 0.489 e. The summed E-state index contributed by atoms with van der Waals surface area (Å²) in [5.41, 5.74) is 0.216. The summed E-state index contributed by atoms with van der Waals surface area (Å²) in [5, 5.41) is 11.4. The third kappa shape index (κ3) is 5.30. The molecule has 2 aromatic heterocycles. The molecule has 0 saturated carbocycles. The lowest BCUT2D eigenvalue weighted by molar-refractivity contribution is -0.389. The Labute approximate surface area is 227 Å². The van der Waals surface area contributed by atoms with Crippen LogP contribution in [0.3, 0.4) is 0 Å². The second-order valence-electron chi connectivity index (χ2n) is 10.7. The van der Waals surface area contributed by atoms with E-state index < -0.39 is 22.3 Å². The molecular weight excluding hydrogens is 529 g/mol. The maximum atomic E-state index is 13.0. The molecular formula is C28H27F3N4O5. The average Bonchev–Trinajstić information content (AvgIpc) is 3.58. The quantitative estimate of drug-likeness (QED) is 0.196. The summed E-state index contributed by atoms with van der Waals surface area (Å²) in [6.45, 7) is 4.27. The summed E-state index contributed by atoms with van der Waals surface area (Å²) in [6, 6.07) is 13.4. The van der Waals surface area contributed by atoms with Crippen molar-refractivity contribution in [2.45, 2.75) is 44.5 Å². The van der Waals surface area contributed by atoms with Crippen molar-refractivity contribution in [3.8, 4) is 11.8 Å². The van der Waals surface area contributed by atoms with Gasteiger partial charge in [0.2, 0.25) is 0 Å². The van der Waals surface area contributed by atoms with Gasteiger partial charge in [-0.15, -0.1) is 0 Å². The zero-order valence-electron chi connectivity index (χ0n) is 21.7. The number of imidazole rings is 1. The first-order valence-corrected chi connectivity index (χ1v) is 13.0. The van der Waals surface area contributed by atoms with Gasteiger partial charge in [0.25, 0.3) is 0 Å². The van der Waals surface area contributed by atoms with Gasteiger partial charge in [0.1, 0.15) is 29.9 Å². The summed E-state index contributed by atoms with van der Waals surface area (Å²) >= 11 is 0. The molecule has 4 aromatic rings. The second-order valence-corrected chi connectivity index (χ2v) is 10.7. The van der Waals surface area contributed by atoms with Crippen LogP contribution in [0.1, 0.15) is 31.1 Å². The number of piperidine rings is 1. The van der Waals surface area contributed by atoms with Gasteiger partial charge in [0, 0.05) is 35.6 Å². The van der Waals surface area contributed by atoms with Crippen molar-refractivity contribution >= 4 is 22.5 Å². The topological polar surface area (TPSA) is 95.8 Å². The van der Waals surface area contributed by atoms with E-state index in [1.807, 2.05) is 31.2 Å². The third-order valence-corrected chi connectivity index (χ3v) is 7.50. The molecule has 6 rings (SSSR count). The maximum Gasteiger partial charge on any atom is 0.416 e. The number of furan rings is 1. The number of anilines is 1. The van der Waals surface area contributed by atoms with E-state index in [1.54, 1.807) is 10.6 Å². The number of hydrogen-bond acceptors (Lipinski definition) is 7. The molecule has 0 amide bonds. The van der Waals surface area contributed by atoms with Gasteiger partial charge >= 0.3 is 18.0 Å². The van der Waals surface area contributed by atoms with Crippen LogP contribution in [0.2, 0.25) is 0 Å². The SMILES string of the molecule is C[C@]1(COc2ccc(N3CCC(Cc4cc5cc(C(F)(F)F)ccc5o4)CC3)cc2)Cn2cc([N+](=O)[O-])nc2O1. The van der Waals surface area contributed by atoms with Crippen molar-refractivity contribution in [1.29, 1.82) is 0 Å². The van der Waals surface area contributed by atoms with Crippen LogP contribution >= 0.6 is 0 Å². The molecule has 9 nitrogen and oxygen atoms in total. The number of benzene rings is 2. The highest BCUT2D eigenvalue weighted by Crippen LogP contribution is 2.35. The van der Waals surface area contributed by atoms with E-state index >= 15 is 0 Å². The third-order valence-electron chi connectivity index (χ3n) is 7.50. The molecule has 12 heteroatoms. The number of alkyl halides is 3. The van der Waals surface area contributed by atoms with E-state index in [-0.39, 0.29) is 18.4 Å². The van der Waals surface area contributed by atoms with Crippen LogP contribution in [0.5, 0.6) is 11.8 Å². The van der Waals surface area contributed by atoms with Gasteiger partial charge in [-0.25, -0.2) is 0 Å². The number of nitro groups is 1. The van der Waals surface area contributed by atoms with Crippen LogP contribution in [0.25, 0.3) is 11.0 Å². The zero-order valence-corrected chi connectivity index (χ0v) is 21.7. The molecule has 0 unspecified atom stereocenters. The minimum Gasteiger partial charge on any atom is -0.489 e. The van der Waals surface area contributed by atoms with Crippen LogP contribution < -0.4 is 14.4 Å². The summed E-state index contributed by atoms with van der Waals surface area (Å²) in [7, 11) is 0. The monoisotopic (exact) mass is 556 g/mol. The highest BCUT2D eigenvalue weighted by Gasteiger charge is 2.41. The molecule has 210 valence electrons. The molecule has 0 radical (unpaired) electrons. The molecule has 1 fully saturated rings. The Morgan fingerprint density at radius 3 is 2.58 bits per heavy atom. The first kappa shape index (κ1) is 26.0. The van der Waals surface area contributed by atoms with Crippen molar-refractivity contribution < 1.29 is 32.0 Å². The lowest BCUT2D eigenvalue weighted by Gasteiger charge is -2.33. The Balaban J connectivity index is 0.993. The van der Waals surface area contributed by atoms with Gasteiger partial charge in [-0.1, -0.05) is 0 Å². The Morgan fingerprint density at radius 2 is 1.90 bits per heavy atom. The van der Waals surface area contributed by atoms with Crippen molar-refractivity contribution in [2.75, 3.05) is 24.6 Å². The highest BCUT2D eigenvalue weighted by molar-refractivity contribution is 5.78. The number of rotatable bonds is 7. The fourth-order valence-electron chi connectivity index (χ4n) is 5.40. The van der Waals surface area contributed by atoms with E-state index in [0.717, 1.165) is 49.5 Å². The molecule has 2 aliphatic heterocycles. The zero-order chi connectivity index (χ0) is 28.1. The van der Waals surface area contributed by atoms with E-state index in [9.17, 15) is 23.3 Å². The number of aromatic nitrogens is 2. The molecule has 0 spiro atoms. The molecule has 1 atom stereocenters. The Hall–Kier alpha value is -4.22. The molecule has 1 saturated heterocycles. The predicted molar refractivity (Wildman–Crippen MR) is 140 cm³/mol. The van der Waals surface area contributed by atoms with Crippen molar-refractivity contribution in [2.24, 2.45) is 5.92 Å². The highest BCUT2D eigenvalue weighted by atomic mass is 19.4. The van der Waals surface area contributed by atoms with Crippen LogP contribution in [0, 0.1) is 16.0 Å². The maximum absolute atomic E-state index is 13.0. The number of nitrogens with zero attached hydrogens (tertiary/aromatic N) is 4. The minimum atomic E-state index is -4.37. The fraction of sp³-hybridized carbons (Fsp3) is 0.393. The first-order chi connectivity index (χ1) is 19.0. The van der Waals surface area contributed by atoms with E-state index in [2.05, 4.69) is 9.88 Å². The van der Waals surface area contributed by atoms with Gasteiger partial charge in [0.15, 0.2) is 5.60 Å². The van der Waals surface area contributed by atoms with Crippen LogP contribution in [-0.2, 0) is 19.1 Å². The van der Waals surface area contributed by atoms with E-state index in [1.165, 1.54) is 12.3 Å². The molecule has 2 aliphatic rings. The second kappa shape index (κ2) is 9.76. The lowest BCUT2D eigenvalue weighted by atomic mass is 9.92. The summed E-state index contributed by atoms with van der Waals surface area (Å²) < 4.78 is 58.2. The molecule has 0 aliphatic carbocycles. The first-order valence-electron chi connectivity index (χ1n) is 13.0. The summed E-state index contributed by atoms with van der Waals surface area (Å²) in [5.74, 6) is 1.56. The number of hydrogen-bond donors (Lipinski definition) is 0. The van der Waals surface area contributed by atoms with Gasteiger partial charge in [-0.3, -0.25) is 4.57 Å². The molecule has 0 bridgehead atoms. The number of fused-ring (bicyclic) bond motifs is 2. The summed E-state index contributed by atoms with van der Waals surface area (Å²) in [6.07, 6.45) is -0.409. The fourth-order valence-corrected chi connectivity index (χ4v) is 5.40. The van der Waals surface area contributed by atoms with Gasteiger partial charge in [0.05, 0.1) is 12.1 Å². The van der Waals surface area contributed by atoms with Crippen molar-refractivity contribution in [3.05, 3.63) is 76.2 Å². The van der Waals surface area contributed by atoms with Crippen LogP contribution in [0.4, 0.5) is 24.7 Å². The van der Waals surface area contributed by atoms with E-state index in [4.69, 9.17) is 13.9 Å². The summed E-state index contributed by atoms with van der Waals surface area (Å²) in [4.78, 5) is 16.5. The molecule has 2 aromatic carbocycles. The van der Waals surface area contributed by atoms with Gasteiger partial charge < -0.3 is 28.9 Å². The minimum absolute atomic E-state index is 0.215. The molecule has 4 heterocycles. The van der Waals surface area contributed by atoms with Gasteiger partial charge in [-0.2, -0.15) is 13.2 Å². The Kier molecular flexibility index (Phi) is 6.35. The normalized spacial score (nSPS) is 19.6. The van der Waals surface area contributed by atoms with E-state index in [0.29, 0.717) is 35.6 Å². The lowest BCUT2D eigenvalue weighted by Crippen LogP contribution is -2.38. The standard InChI is InChI=1S/C28H27F3N4O5/c1-27(16-34-15-25(35(36)37)32-26(34)40-27)17-38-22-5-3-21(4-6-22)33-10-8-18(9-11-33)12-23-14-19-13-20(28(29,30)31)2-7-24(19)39-23/h2-7,13-15,18H,8-12,16-17H2,1H3/t27-/m1/s1. The number of ether oxygens (including phenoxy) is 2.